The molecule has 100 valence electrons. The molecular formula is C14H13BrCl2N2. The van der Waals surface area contributed by atoms with Crippen LogP contribution in [0, 0.1) is 0 Å². The maximum atomic E-state index is 6.04. The van der Waals surface area contributed by atoms with Crippen LogP contribution in [0.15, 0.2) is 46.9 Å². The zero-order valence-electron chi connectivity index (χ0n) is 10.0. The molecule has 2 aromatic rings. The molecule has 0 spiro atoms. The molecule has 0 saturated carbocycles. The van der Waals surface area contributed by atoms with Gasteiger partial charge in [0.25, 0.3) is 0 Å². The molecule has 2 nitrogen and oxygen atoms in total. The first kappa shape index (κ1) is 14.8. The van der Waals surface area contributed by atoms with Gasteiger partial charge in [0.15, 0.2) is 0 Å². The van der Waals surface area contributed by atoms with E-state index in [0.29, 0.717) is 10.0 Å². The summed E-state index contributed by atoms with van der Waals surface area (Å²) < 4.78 is 1.05. The van der Waals surface area contributed by atoms with Crippen molar-refractivity contribution in [2.45, 2.75) is 12.5 Å². The summed E-state index contributed by atoms with van der Waals surface area (Å²) in [7, 11) is 0. The zero-order valence-corrected chi connectivity index (χ0v) is 13.1. The largest absolute Gasteiger partial charge is 0.271 e. The number of halogens is 3. The molecule has 0 aromatic heterocycles. The second-order valence-electron chi connectivity index (χ2n) is 4.23. The summed E-state index contributed by atoms with van der Waals surface area (Å²) in [6, 6.07) is 13.7. The fraction of sp³-hybridized carbons (Fsp3) is 0.143. The third-order valence-electron chi connectivity index (χ3n) is 2.88. The van der Waals surface area contributed by atoms with Crippen LogP contribution in [0.2, 0.25) is 10.0 Å². The summed E-state index contributed by atoms with van der Waals surface area (Å²) in [5, 5.41) is 1.08. The van der Waals surface area contributed by atoms with E-state index in [1.807, 2.05) is 24.3 Å². The highest BCUT2D eigenvalue weighted by Crippen LogP contribution is 2.27. The molecule has 3 N–H and O–H groups in total. The van der Waals surface area contributed by atoms with Gasteiger partial charge in [0.1, 0.15) is 0 Å². The normalized spacial score (nSPS) is 12.4. The molecule has 0 aliphatic carbocycles. The summed E-state index contributed by atoms with van der Waals surface area (Å²) in [5.41, 5.74) is 5.01. The third kappa shape index (κ3) is 3.94. The van der Waals surface area contributed by atoms with Crippen molar-refractivity contribution in [1.82, 2.24) is 5.43 Å². The van der Waals surface area contributed by atoms with E-state index in [4.69, 9.17) is 29.0 Å². The van der Waals surface area contributed by atoms with Crippen molar-refractivity contribution < 1.29 is 0 Å². The summed E-state index contributed by atoms with van der Waals surface area (Å²) in [6.07, 6.45) is 0.772. The Morgan fingerprint density at radius 1 is 1.11 bits per heavy atom. The van der Waals surface area contributed by atoms with E-state index in [1.165, 1.54) is 5.56 Å². The van der Waals surface area contributed by atoms with Crippen LogP contribution < -0.4 is 11.3 Å². The smallest absolute Gasteiger partial charge is 0.0595 e. The topological polar surface area (TPSA) is 38.0 Å². The molecular weight excluding hydrogens is 347 g/mol. The number of hydrogen-bond acceptors (Lipinski definition) is 2. The lowest BCUT2D eigenvalue weighted by molar-refractivity contribution is 0.552. The van der Waals surface area contributed by atoms with Crippen molar-refractivity contribution in [2.75, 3.05) is 0 Å². The molecule has 2 aromatic carbocycles. The van der Waals surface area contributed by atoms with Gasteiger partial charge < -0.3 is 0 Å². The Balaban J connectivity index is 2.22. The Labute approximate surface area is 131 Å². The molecule has 1 unspecified atom stereocenters. The monoisotopic (exact) mass is 358 g/mol. The number of hydrogen-bond donors (Lipinski definition) is 2. The molecule has 5 heteroatoms. The molecule has 0 bridgehead atoms. The predicted molar refractivity (Wildman–Crippen MR) is 84.4 cm³/mol. The van der Waals surface area contributed by atoms with Crippen molar-refractivity contribution in [1.29, 1.82) is 0 Å². The van der Waals surface area contributed by atoms with Crippen molar-refractivity contribution in [3.8, 4) is 0 Å². The molecule has 2 rings (SSSR count). The van der Waals surface area contributed by atoms with Crippen molar-refractivity contribution in [3.05, 3.63) is 68.1 Å². The lowest BCUT2D eigenvalue weighted by atomic mass is 9.99. The van der Waals surface area contributed by atoms with Crippen molar-refractivity contribution in [2.24, 2.45) is 5.84 Å². The predicted octanol–water partition coefficient (Wildman–Crippen LogP) is 4.50. The number of nitrogens with two attached hydrogens (primary N) is 1. The Kier molecular flexibility index (Phi) is 5.25. The molecule has 0 heterocycles. The fourth-order valence-electron chi connectivity index (χ4n) is 1.90. The van der Waals surface area contributed by atoms with Gasteiger partial charge >= 0.3 is 0 Å². The fourth-order valence-corrected chi connectivity index (χ4v) is 2.65. The van der Waals surface area contributed by atoms with E-state index in [9.17, 15) is 0 Å². The molecule has 1 atom stereocenters. The van der Waals surface area contributed by atoms with Gasteiger partial charge in [-0.3, -0.25) is 11.3 Å². The van der Waals surface area contributed by atoms with E-state index in [-0.39, 0.29) is 6.04 Å². The third-order valence-corrected chi connectivity index (χ3v) is 4.11. The van der Waals surface area contributed by atoms with Gasteiger partial charge in [-0.15, -0.1) is 0 Å². The first-order chi connectivity index (χ1) is 9.10. The summed E-state index contributed by atoms with van der Waals surface area (Å²) in [5.74, 6) is 5.64. The van der Waals surface area contributed by atoms with Gasteiger partial charge in [0.2, 0.25) is 0 Å². The van der Waals surface area contributed by atoms with E-state index in [2.05, 4.69) is 33.5 Å². The molecule has 0 amide bonds. The van der Waals surface area contributed by atoms with Gasteiger partial charge in [-0.05, 0) is 41.8 Å². The first-order valence-electron chi connectivity index (χ1n) is 5.75. The van der Waals surface area contributed by atoms with E-state index < -0.39 is 0 Å². The Morgan fingerprint density at radius 2 is 1.89 bits per heavy atom. The minimum atomic E-state index is -0.0101. The SMILES string of the molecule is NNC(Cc1cccc(Br)c1)c1ccc(Cl)c(Cl)c1. The van der Waals surface area contributed by atoms with E-state index in [1.54, 1.807) is 6.07 Å². The molecule has 0 saturated heterocycles. The number of nitrogens with one attached hydrogen (secondary N) is 1. The Hall–Kier alpha value is -0.580. The maximum Gasteiger partial charge on any atom is 0.0595 e. The van der Waals surface area contributed by atoms with Crippen molar-refractivity contribution in [3.63, 3.8) is 0 Å². The average Bonchev–Trinajstić information content (AvgIpc) is 2.39. The number of rotatable bonds is 4. The second kappa shape index (κ2) is 6.73. The van der Waals surface area contributed by atoms with Crippen molar-refractivity contribution >= 4 is 39.1 Å². The molecule has 0 aliphatic rings. The Bertz CT molecular complexity index is 575. The van der Waals surface area contributed by atoms with Gasteiger partial charge in [0.05, 0.1) is 16.1 Å². The van der Waals surface area contributed by atoms with Gasteiger partial charge in [-0.2, -0.15) is 0 Å². The molecule has 0 radical (unpaired) electrons. The lowest BCUT2D eigenvalue weighted by Gasteiger charge is -2.17. The minimum Gasteiger partial charge on any atom is -0.271 e. The maximum absolute atomic E-state index is 6.04. The minimum absolute atomic E-state index is 0.0101. The second-order valence-corrected chi connectivity index (χ2v) is 5.96. The van der Waals surface area contributed by atoms with E-state index >= 15 is 0 Å². The average molecular weight is 360 g/mol. The summed E-state index contributed by atoms with van der Waals surface area (Å²) in [6.45, 7) is 0. The quantitative estimate of drug-likeness (QED) is 0.622. The van der Waals surface area contributed by atoms with Crippen LogP contribution >= 0.6 is 39.1 Å². The molecule has 19 heavy (non-hydrogen) atoms. The van der Waals surface area contributed by atoms with Gasteiger partial charge in [-0.1, -0.05) is 57.3 Å². The van der Waals surface area contributed by atoms with Crippen LogP contribution in [-0.2, 0) is 6.42 Å². The van der Waals surface area contributed by atoms with Crippen LogP contribution in [0.3, 0.4) is 0 Å². The van der Waals surface area contributed by atoms with Crippen LogP contribution in [0.1, 0.15) is 17.2 Å². The molecule has 0 aliphatic heterocycles. The van der Waals surface area contributed by atoms with Crippen LogP contribution in [-0.4, -0.2) is 0 Å². The zero-order chi connectivity index (χ0) is 13.8. The van der Waals surface area contributed by atoms with Crippen LogP contribution in [0.4, 0.5) is 0 Å². The molecule has 0 fully saturated rings. The van der Waals surface area contributed by atoms with Gasteiger partial charge in [-0.25, -0.2) is 0 Å². The first-order valence-corrected chi connectivity index (χ1v) is 7.30. The Morgan fingerprint density at radius 3 is 2.53 bits per heavy atom. The van der Waals surface area contributed by atoms with Gasteiger partial charge in [0, 0.05) is 4.47 Å². The highest BCUT2D eigenvalue weighted by Gasteiger charge is 2.12. The summed E-state index contributed by atoms with van der Waals surface area (Å²) in [4.78, 5) is 0. The van der Waals surface area contributed by atoms with Crippen LogP contribution in [0.5, 0.6) is 0 Å². The van der Waals surface area contributed by atoms with E-state index in [0.717, 1.165) is 16.5 Å². The lowest BCUT2D eigenvalue weighted by Crippen LogP contribution is -2.29. The summed E-state index contributed by atoms with van der Waals surface area (Å²) >= 11 is 15.4. The van der Waals surface area contributed by atoms with Crippen LogP contribution in [0.25, 0.3) is 0 Å². The number of benzene rings is 2. The highest BCUT2D eigenvalue weighted by molar-refractivity contribution is 9.10. The standard InChI is InChI=1S/C14H13BrCl2N2/c15-11-3-1-2-9(6-11)7-14(19-18)10-4-5-12(16)13(17)8-10/h1-6,8,14,19H,7,18H2. The number of hydrazine groups is 1. The highest BCUT2D eigenvalue weighted by atomic mass is 79.9.